The molecule has 4 heteroatoms. The van der Waals surface area contributed by atoms with Gasteiger partial charge in [-0.1, -0.05) is 11.8 Å². The minimum Gasteiger partial charge on any atom is -0.468 e. The van der Waals surface area contributed by atoms with Crippen molar-refractivity contribution in [1.82, 2.24) is 4.98 Å². The Labute approximate surface area is 98.1 Å². The van der Waals surface area contributed by atoms with Gasteiger partial charge in [0.25, 0.3) is 0 Å². The molecule has 0 amide bonds. The first-order valence-corrected chi connectivity index (χ1v) is 5.61. The predicted molar refractivity (Wildman–Crippen MR) is 61.3 cm³/mol. The van der Waals surface area contributed by atoms with E-state index in [0.717, 1.165) is 21.2 Å². The highest BCUT2D eigenvalue weighted by atomic mass is 32.2. The number of aromatic nitrogens is 1. The Balaban J connectivity index is 2.40. The number of pyridine rings is 1. The van der Waals surface area contributed by atoms with Gasteiger partial charge < -0.3 is 4.42 Å². The van der Waals surface area contributed by atoms with E-state index in [1.165, 1.54) is 11.8 Å². The zero-order valence-electron chi connectivity index (χ0n) is 9.02. The second kappa shape index (κ2) is 4.42. The third kappa shape index (κ3) is 1.95. The molecule has 0 N–H and O–H groups in total. The molecule has 80 valence electrons. The Bertz CT molecular complexity index is 554. The standard InChI is InChI=1S/C12H10N2OS/c1-8-3-5-14-12(10(8)7-13)16-11-4-6-15-9(11)2/h3-6H,1-2H3. The molecule has 3 nitrogen and oxygen atoms in total. The van der Waals surface area contributed by atoms with Crippen LogP contribution in [-0.2, 0) is 0 Å². The summed E-state index contributed by atoms with van der Waals surface area (Å²) in [4.78, 5) is 5.22. The highest BCUT2D eigenvalue weighted by Gasteiger charge is 2.10. The van der Waals surface area contributed by atoms with Gasteiger partial charge >= 0.3 is 0 Å². The van der Waals surface area contributed by atoms with Gasteiger partial charge in [-0.2, -0.15) is 5.26 Å². The largest absolute Gasteiger partial charge is 0.468 e. The summed E-state index contributed by atoms with van der Waals surface area (Å²) in [5, 5.41) is 9.80. The normalized spacial score (nSPS) is 10.1. The topological polar surface area (TPSA) is 49.8 Å². The smallest absolute Gasteiger partial charge is 0.119 e. The summed E-state index contributed by atoms with van der Waals surface area (Å²) >= 11 is 1.46. The number of hydrogen-bond donors (Lipinski definition) is 0. The van der Waals surface area contributed by atoms with Crippen molar-refractivity contribution in [3.8, 4) is 6.07 Å². The first-order chi connectivity index (χ1) is 7.72. The molecule has 0 spiro atoms. The van der Waals surface area contributed by atoms with E-state index < -0.39 is 0 Å². The average molecular weight is 230 g/mol. The van der Waals surface area contributed by atoms with Crippen LogP contribution in [0.2, 0.25) is 0 Å². The second-order valence-corrected chi connectivity index (χ2v) is 4.39. The third-order valence-electron chi connectivity index (χ3n) is 2.25. The third-order valence-corrected chi connectivity index (χ3v) is 3.40. The molecule has 2 rings (SSSR count). The van der Waals surface area contributed by atoms with E-state index >= 15 is 0 Å². The van der Waals surface area contributed by atoms with Crippen LogP contribution in [0.3, 0.4) is 0 Å². The minimum atomic E-state index is 0.633. The quantitative estimate of drug-likeness (QED) is 0.794. The maximum absolute atomic E-state index is 9.07. The van der Waals surface area contributed by atoms with E-state index in [9.17, 15) is 0 Å². The van der Waals surface area contributed by atoms with E-state index in [1.54, 1.807) is 12.5 Å². The van der Waals surface area contributed by atoms with Crippen LogP contribution in [0.15, 0.2) is 38.9 Å². The molecule has 2 heterocycles. The van der Waals surface area contributed by atoms with Gasteiger partial charge in [0.15, 0.2) is 0 Å². The summed E-state index contributed by atoms with van der Waals surface area (Å²) in [5.74, 6) is 0.845. The highest BCUT2D eigenvalue weighted by Crippen LogP contribution is 2.32. The number of aryl methyl sites for hydroxylation is 2. The number of nitrogens with zero attached hydrogens (tertiary/aromatic N) is 2. The summed E-state index contributed by atoms with van der Waals surface area (Å²) in [5.41, 5.74) is 1.58. The Kier molecular flexibility index (Phi) is 2.97. The van der Waals surface area contributed by atoms with Crippen LogP contribution in [0.5, 0.6) is 0 Å². The molecule has 0 bridgehead atoms. The molecule has 0 aliphatic carbocycles. The number of rotatable bonds is 2. The van der Waals surface area contributed by atoms with Gasteiger partial charge in [-0.25, -0.2) is 4.98 Å². The molecule has 0 aliphatic heterocycles. The average Bonchev–Trinajstić information content (AvgIpc) is 2.65. The Hall–Kier alpha value is -1.73. The van der Waals surface area contributed by atoms with Crippen molar-refractivity contribution in [3.63, 3.8) is 0 Å². The molecule has 2 aromatic heterocycles. The SMILES string of the molecule is Cc1ccnc(Sc2ccoc2C)c1C#N. The van der Waals surface area contributed by atoms with Gasteiger partial charge in [0.1, 0.15) is 16.9 Å². The van der Waals surface area contributed by atoms with Gasteiger partial charge in [-0.15, -0.1) is 0 Å². The Morgan fingerprint density at radius 2 is 2.19 bits per heavy atom. The molecule has 0 atom stereocenters. The molecule has 0 saturated carbocycles. The van der Waals surface area contributed by atoms with Crippen LogP contribution in [0.4, 0.5) is 0 Å². The lowest BCUT2D eigenvalue weighted by molar-refractivity contribution is 0.527. The zero-order valence-corrected chi connectivity index (χ0v) is 9.84. The fourth-order valence-electron chi connectivity index (χ4n) is 1.33. The van der Waals surface area contributed by atoms with E-state index in [4.69, 9.17) is 9.68 Å². The van der Waals surface area contributed by atoms with Crippen LogP contribution in [0.25, 0.3) is 0 Å². The van der Waals surface area contributed by atoms with Crippen molar-refractivity contribution in [2.24, 2.45) is 0 Å². The summed E-state index contributed by atoms with van der Waals surface area (Å²) in [6.45, 7) is 3.80. The minimum absolute atomic E-state index is 0.633. The molecule has 0 radical (unpaired) electrons. The molecule has 16 heavy (non-hydrogen) atoms. The zero-order chi connectivity index (χ0) is 11.5. The van der Waals surface area contributed by atoms with E-state index in [2.05, 4.69) is 11.1 Å². The van der Waals surface area contributed by atoms with E-state index in [1.807, 2.05) is 26.0 Å². The monoisotopic (exact) mass is 230 g/mol. The summed E-state index contributed by atoms with van der Waals surface area (Å²) in [6, 6.07) is 5.90. The Morgan fingerprint density at radius 1 is 1.38 bits per heavy atom. The maximum atomic E-state index is 9.07. The van der Waals surface area contributed by atoms with Crippen LogP contribution >= 0.6 is 11.8 Å². The molecule has 0 unspecified atom stereocenters. The van der Waals surface area contributed by atoms with E-state index in [-0.39, 0.29) is 0 Å². The lowest BCUT2D eigenvalue weighted by Gasteiger charge is -2.03. The van der Waals surface area contributed by atoms with Gasteiger partial charge in [-0.05, 0) is 31.5 Å². The Morgan fingerprint density at radius 3 is 2.81 bits per heavy atom. The van der Waals surface area contributed by atoms with Crippen LogP contribution in [-0.4, -0.2) is 4.98 Å². The van der Waals surface area contributed by atoms with Crippen molar-refractivity contribution < 1.29 is 4.42 Å². The first-order valence-electron chi connectivity index (χ1n) is 4.80. The molecule has 0 aliphatic rings. The number of nitriles is 1. The van der Waals surface area contributed by atoms with Gasteiger partial charge in [0.05, 0.1) is 16.7 Å². The fraction of sp³-hybridized carbons (Fsp3) is 0.167. The summed E-state index contributed by atoms with van der Waals surface area (Å²) in [6.07, 6.45) is 3.35. The highest BCUT2D eigenvalue weighted by molar-refractivity contribution is 7.99. The summed E-state index contributed by atoms with van der Waals surface area (Å²) < 4.78 is 5.21. The predicted octanol–water partition coefficient (Wildman–Crippen LogP) is 3.31. The van der Waals surface area contributed by atoms with Gasteiger partial charge in [0.2, 0.25) is 0 Å². The van der Waals surface area contributed by atoms with Crippen LogP contribution in [0.1, 0.15) is 16.9 Å². The first kappa shape index (κ1) is 10.8. The lowest BCUT2D eigenvalue weighted by atomic mass is 10.2. The number of furan rings is 1. The lowest BCUT2D eigenvalue weighted by Crippen LogP contribution is -1.90. The summed E-state index contributed by atoms with van der Waals surface area (Å²) in [7, 11) is 0. The molecular formula is C12H10N2OS. The van der Waals surface area contributed by atoms with Crippen LogP contribution in [0, 0.1) is 25.2 Å². The van der Waals surface area contributed by atoms with Crippen LogP contribution < -0.4 is 0 Å². The van der Waals surface area contributed by atoms with Crippen molar-refractivity contribution in [1.29, 1.82) is 5.26 Å². The fourth-order valence-corrected chi connectivity index (χ4v) is 2.28. The van der Waals surface area contributed by atoms with Gasteiger partial charge in [0, 0.05) is 6.20 Å². The molecule has 0 aromatic carbocycles. The number of hydrogen-bond acceptors (Lipinski definition) is 4. The molecule has 0 fully saturated rings. The molecule has 2 aromatic rings. The second-order valence-electron chi connectivity index (χ2n) is 3.36. The maximum Gasteiger partial charge on any atom is 0.119 e. The molecule has 0 saturated heterocycles. The van der Waals surface area contributed by atoms with E-state index in [0.29, 0.717) is 5.56 Å². The van der Waals surface area contributed by atoms with Crippen molar-refractivity contribution in [3.05, 3.63) is 41.5 Å². The molecular weight excluding hydrogens is 220 g/mol. The van der Waals surface area contributed by atoms with Crippen molar-refractivity contribution >= 4 is 11.8 Å². The van der Waals surface area contributed by atoms with Gasteiger partial charge in [-0.3, -0.25) is 0 Å². The van der Waals surface area contributed by atoms with Crippen molar-refractivity contribution in [2.45, 2.75) is 23.8 Å². The van der Waals surface area contributed by atoms with Crippen molar-refractivity contribution in [2.75, 3.05) is 0 Å².